The van der Waals surface area contributed by atoms with Crippen LogP contribution in [0.1, 0.15) is 26.5 Å². The van der Waals surface area contributed by atoms with E-state index in [1.807, 2.05) is 0 Å². The molecular formula is C21H27NOSi. The van der Waals surface area contributed by atoms with E-state index in [2.05, 4.69) is 100.0 Å². The molecule has 1 heterocycles. The minimum atomic E-state index is -1.79. The number of fused-ring (bicyclic) bond motifs is 1. The van der Waals surface area contributed by atoms with Gasteiger partial charge in [-0.15, -0.1) is 0 Å². The minimum Gasteiger partial charge on any atom is -0.544 e. The molecule has 0 radical (unpaired) electrons. The molecule has 0 saturated carbocycles. The second-order valence-corrected chi connectivity index (χ2v) is 12.8. The van der Waals surface area contributed by atoms with Crippen molar-refractivity contribution in [1.29, 1.82) is 0 Å². The van der Waals surface area contributed by atoms with Gasteiger partial charge in [0.15, 0.2) is 0 Å². The van der Waals surface area contributed by atoms with Gasteiger partial charge in [0.1, 0.15) is 5.75 Å². The lowest BCUT2D eigenvalue weighted by Crippen LogP contribution is -2.43. The zero-order chi connectivity index (χ0) is 17.5. The van der Waals surface area contributed by atoms with Gasteiger partial charge in [-0.3, -0.25) is 0 Å². The standard InChI is InChI=1S/C21H27NOSi/c1-16-15-17-9-7-8-10-20(17)22(16)18-11-13-19(14-12-18)23-24(5,6)21(2,3)4/h7-15H,1-6H3. The summed E-state index contributed by atoms with van der Waals surface area (Å²) in [6.45, 7) is 13.5. The van der Waals surface area contributed by atoms with E-state index >= 15 is 0 Å². The van der Waals surface area contributed by atoms with Crippen LogP contribution in [0.3, 0.4) is 0 Å². The molecule has 3 aromatic rings. The van der Waals surface area contributed by atoms with Crippen LogP contribution in [0.5, 0.6) is 5.75 Å². The number of benzene rings is 2. The van der Waals surface area contributed by atoms with E-state index in [4.69, 9.17) is 4.43 Å². The Kier molecular flexibility index (Phi) is 4.08. The number of aryl methyl sites for hydroxylation is 1. The number of hydrogen-bond donors (Lipinski definition) is 0. The van der Waals surface area contributed by atoms with Crippen LogP contribution in [0.4, 0.5) is 0 Å². The first-order chi connectivity index (χ1) is 11.2. The average molecular weight is 338 g/mol. The summed E-state index contributed by atoms with van der Waals surface area (Å²) in [5.74, 6) is 0.972. The molecule has 0 fully saturated rings. The highest BCUT2D eigenvalue weighted by molar-refractivity contribution is 6.74. The molecule has 126 valence electrons. The first-order valence-corrected chi connectivity index (χ1v) is 11.5. The second-order valence-electron chi connectivity index (χ2n) is 8.04. The highest BCUT2D eigenvalue weighted by Crippen LogP contribution is 2.37. The third kappa shape index (κ3) is 3.01. The summed E-state index contributed by atoms with van der Waals surface area (Å²) in [6.07, 6.45) is 0. The summed E-state index contributed by atoms with van der Waals surface area (Å²) in [5, 5.41) is 1.48. The maximum Gasteiger partial charge on any atom is 0.250 e. The van der Waals surface area contributed by atoms with Crippen molar-refractivity contribution >= 4 is 19.2 Å². The van der Waals surface area contributed by atoms with Crippen molar-refractivity contribution in [2.24, 2.45) is 0 Å². The van der Waals surface area contributed by atoms with Gasteiger partial charge in [0.05, 0.1) is 5.52 Å². The van der Waals surface area contributed by atoms with Gasteiger partial charge in [-0.25, -0.2) is 0 Å². The molecule has 0 spiro atoms. The van der Waals surface area contributed by atoms with Crippen LogP contribution in [-0.2, 0) is 0 Å². The normalized spacial score (nSPS) is 12.6. The van der Waals surface area contributed by atoms with E-state index in [9.17, 15) is 0 Å². The van der Waals surface area contributed by atoms with Crippen LogP contribution in [0.15, 0.2) is 54.6 Å². The summed E-state index contributed by atoms with van der Waals surface area (Å²) in [5.41, 5.74) is 3.67. The molecule has 0 atom stereocenters. The summed E-state index contributed by atoms with van der Waals surface area (Å²) >= 11 is 0. The molecule has 3 heteroatoms. The summed E-state index contributed by atoms with van der Waals surface area (Å²) in [7, 11) is -1.79. The molecule has 24 heavy (non-hydrogen) atoms. The fourth-order valence-corrected chi connectivity index (χ4v) is 3.78. The lowest BCUT2D eigenvalue weighted by molar-refractivity contribution is 0.492. The Morgan fingerprint density at radius 2 is 1.54 bits per heavy atom. The molecule has 0 N–H and O–H groups in total. The lowest BCUT2D eigenvalue weighted by Gasteiger charge is -2.36. The molecule has 0 aliphatic rings. The van der Waals surface area contributed by atoms with Gasteiger partial charge >= 0.3 is 0 Å². The van der Waals surface area contributed by atoms with Crippen molar-refractivity contribution in [2.75, 3.05) is 0 Å². The number of rotatable bonds is 3. The molecule has 1 aromatic heterocycles. The van der Waals surface area contributed by atoms with Crippen molar-refractivity contribution in [2.45, 2.75) is 45.8 Å². The molecule has 0 bridgehead atoms. The zero-order valence-corrected chi connectivity index (χ0v) is 16.6. The second kappa shape index (κ2) is 5.82. The van der Waals surface area contributed by atoms with E-state index in [1.54, 1.807) is 0 Å². The molecule has 0 amide bonds. The van der Waals surface area contributed by atoms with E-state index in [1.165, 1.54) is 22.3 Å². The fourth-order valence-electron chi connectivity index (χ4n) is 2.75. The molecule has 0 unspecified atom stereocenters. The summed E-state index contributed by atoms with van der Waals surface area (Å²) in [6, 6.07) is 19.2. The van der Waals surface area contributed by atoms with Crippen molar-refractivity contribution in [3.8, 4) is 11.4 Å². The predicted molar refractivity (Wildman–Crippen MR) is 106 cm³/mol. The topological polar surface area (TPSA) is 14.2 Å². The van der Waals surface area contributed by atoms with Gasteiger partial charge in [0.2, 0.25) is 8.32 Å². The van der Waals surface area contributed by atoms with Crippen LogP contribution in [0, 0.1) is 6.92 Å². The number of aromatic nitrogens is 1. The molecule has 0 aliphatic carbocycles. The summed E-state index contributed by atoms with van der Waals surface area (Å²) < 4.78 is 8.68. The number of hydrogen-bond acceptors (Lipinski definition) is 1. The first-order valence-electron chi connectivity index (χ1n) is 8.56. The van der Waals surface area contributed by atoms with Gasteiger partial charge < -0.3 is 8.99 Å². The SMILES string of the molecule is Cc1cc2ccccc2n1-c1ccc(O[Si](C)(C)C(C)(C)C)cc1. The van der Waals surface area contributed by atoms with E-state index in [0.717, 1.165) is 5.75 Å². The highest BCUT2D eigenvalue weighted by atomic mass is 28.4. The molecular weight excluding hydrogens is 310 g/mol. The van der Waals surface area contributed by atoms with Gasteiger partial charge in [-0.05, 0) is 61.5 Å². The van der Waals surface area contributed by atoms with Crippen LogP contribution < -0.4 is 4.43 Å². The molecule has 0 saturated heterocycles. The molecule has 0 aliphatic heterocycles. The third-order valence-electron chi connectivity index (χ3n) is 5.17. The van der Waals surface area contributed by atoms with E-state index in [0.29, 0.717) is 0 Å². The largest absolute Gasteiger partial charge is 0.544 e. The van der Waals surface area contributed by atoms with E-state index in [-0.39, 0.29) is 5.04 Å². The lowest BCUT2D eigenvalue weighted by atomic mass is 10.2. The Labute approximate surface area is 146 Å². The third-order valence-corrected chi connectivity index (χ3v) is 9.53. The van der Waals surface area contributed by atoms with Gasteiger partial charge in [0.25, 0.3) is 0 Å². The summed E-state index contributed by atoms with van der Waals surface area (Å²) in [4.78, 5) is 0. The van der Waals surface area contributed by atoms with Crippen LogP contribution in [-0.4, -0.2) is 12.9 Å². The average Bonchev–Trinajstić information content (AvgIpc) is 2.82. The fraction of sp³-hybridized carbons (Fsp3) is 0.333. The number of nitrogens with zero attached hydrogens (tertiary/aromatic N) is 1. The maximum atomic E-state index is 6.39. The smallest absolute Gasteiger partial charge is 0.250 e. The van der Waals surface area contributed by atoms with Crippen LogP contribution >= 0.6 is 0 Å². The molecule has 3 rings (SSSR count). The molecule has 2 aromatic carbocycles. The maximum absolute atomic E-state index is 6.39. The van der Waals surface area contributed by atoms with Crippen LogP contribution in [0.25, 0.3) is 16.6 Å². The Morgan fingerprint density at radius 3 is 2.17 bits per heavy atom. The van der Waals surface area contributed by atoms with Gasteiger partial charge in [-0.2, -0.15) is 0 Å². The van der Waals surface area contributed by atoms with Crippen molar-refractivity contribution in [3.05, 3.63) is 60.3 Å². The monoisotopic (exact) mass is 337 g/mol. The highest BCUT2D eigenvalue weighted by Gasteiger charge is 2.38. The molecule has 2 nitrogen and oxygen atoms in total. The van der Waals surface area contributed by atoms with Crippen molar-refractivity contribution < 1.29 is 4.43 Å². The number of para-hydroxylation sites is 1. The van der Waals surface area contributed by atoms with Crippen LogP contribution in [0.2, 0.25) is 18.1 Å². The Hall–Kier alpha value is -2.00. The Morgan fingerprint density at radius 1 is 0.917 bits per heavy atom. The first kappa shape index (κ1) is 16.8. The quantitative estimate of drug-likeness (QED) is 0.510. The van der Waals surface area contributed by atoms with Gasteiger partial charge in [0, 0.05) is 16.8 Å². The van der Waals surface area contributed by atoms with Crippen molar-refractivity contribution in [3.63, 3.8) is 0 Å². The van der Waals surface area contributed by atoms with E-state index < -0.39 is 8.32 Å². The minimum absolute atomic E-state index is 0.207. The van der Waals surface area contributed by atoms with Gasteiger partial charge in [-0.1, -0.05) is 39.0 Å². The Bertz CT molecular complexity index is 854. The zero-order valence-electron chi connectivity index (χ0n) is 15.6. The van der Waals surface area contributed by atoms with Crippen molar-refractivity contribution in [1.82, 2.24) is 4.57 Å². The predicted octanol–water partition coefficient (Wildman–Crippen LogP) is 6.32. The Balaban J connectivity index is 1.94.